The third kappa shape index (κ3) is 4.80. The van der Waals surface area contributed by atoms with Gasteiger partial charge in [0.25, 0.3) is 0 Å². The zero-order valence-electron chi connectivity index (χ0n) is 15.7. The normalized spacial score (nSPS) is 12.8. The molecule has 1 nitrogen and oxygen atoms in total. The molecule has 0 aliphatic heterocycles. The molecule has 25 heavy (non-hydrogen) atoms. The van der Waals surface area contributed by atoms with Crippen LogP contribution in [0.3, 0.4) is 0 Å². The van der Waals surface area contributed by atoms with Crippen LogP contribution in [0.5, 0.6) is 5.75 Å². The maximum Gasteiger partial charge on any atom is 0.123 e. The second-order valence-corrected chi connectivity index (χ2v) is 9.29. The summed E-state index contributed by atoms with van der Waals surface area (Å²) in [4.78, 5) is 0. The van der Waals surface area contributed by atoms with Crippen LogP contribution < -0.4 is 0 Å². The topological polar surface area (TPSA) is 20.2 Å². The van der Waals surface area contributed by atoms with Crippen LogP contribution in [0.1, 0.15) is 63.8 Å². The molecule has 0 bridgehead atoms. The van der Waals surface area contributed by atoms with E-state index in [1.54, 1.807) is 6.07 Å². The van der Waals surface area contributed by atoms with Crippen molar-refractivity contribution in [1.82, 2.24) is 0 Å². The van der Waals surface area contributed by atoms with Crippen molar-refractivity contribution in [3.8, 4) is 5.75 Å². The van der Waals surface area contributed by atoms with Gasteiger partial charge in [0.05, 0.1) is 10.0 Å². The average molecular weight is 377 g/mol. The summed E-state index contributed by atoms with van der Waals surface area (Å²) < 4.78 is 0. The number of rotatable bonds is 2. The van der Waals surface area contributed by atoms with Crippen LogP contribution in [0.25, 0.3) is 12.2 Å². The van der Waals surface area contributed by atoms with Gasteiger partial charge in [0, 0.05) is 11.1 Å². The Balaban J connectivity index is 2.53. The van der Waals surface area contributed by atoms with Gasteiger partial charge < -0.3 is 5.11 Å². The zero-order chi connectivity index (χ0) is 19.0. The van der Waals surface area contributed by atoms with Gasteiger partial charge in [-0.3, -0.25) is 0 Å². The van der Waals surface area contributed by atoms with Crippen LogP contribution in [0.4, 0.5) is 0 Å². The lowest BCUT2D eigenvalue weighted by Gasteiger charge is -2.27. The van der Waals surface area contributed by atoms with Crippen LogP contribution in [-0.4, -0.2) is 5.11 Å². The Morgan fingerprint density at radius 1 is 0.720 bits per heavy atom. The highest BCUT2D eigenvalue weighted by atomic mass is 35.5. The highest BCUT2D eigenvalue weighted by Crippen LogP contribution is 2.40. The zero-order valence-corrected chi connectivity index (χ0v) is 17.3. The smallest absolute Gasteiger partial charge is 0.123 e. The molecule has 0 atom stereocenters. The van der Waals surface area contributed by atoms with E-state index in [4.69, 9.17) is 23.2 Å². The van der Waals surface area contributed by atoms with Gasteiger partial charge in [0.2, 0.25) is 0 Å². The van der Waals surface area contributed by atoms with Crippen LogP contribution >= 0.6 is 23.2 Å². The molecule has 0 radical (unpaired) electrons. The highest BCUT2D eigenvalue weighted by Gasteiger charge is 2.26. The summed E-state index contributed by atoms with van der Waals surface area (Å²) in [5, 5.41) is 11.9. The first kappa shape index (κ1) is 19.9. The molecule has 0 saturated carbocycles. The molecule has 0 fully saturated rings. The maximum absolute atomic E-state index is 10.8. The lowest BCUT2D eigenvalue weighted by molar-refractivity contribution is 0.423. The molecule has 0 amide bonds. The monoisotopic (exact) mass is 376 g/mol. The molecule has 0 aliphatic carbocycles. The largest absolute Gasteiger partial charge is 0.507 e. The quantitative estimate of drug-likeness (QED) is 0.538. The van der Waals surface area contributed by atoms with Gasteiger partial charge in [0.1, 0.15) is 5.75 Å². The van der Waals surface area contributed by atoms with E-state index in [0.717, 1.165) is 22.3 Å². The van der Waals surface area contributed by atoms with Crippen LogP contribution in [-0.2, 0) is 10.8 Å². The summed E-state index contributed by atoms with van der Waals surface area (Å²) in [5.74, 6) is 0.395. The predicted octanol–water partition coefficient (Wildman–Crippen LogP) is 7.46. The van der Waals surface area contributed by atoms with Crippen molar-refractivity contribution >= 4 is 35.4 Å². The summed E-state index contributed by atoms with van der Waals surface area (Å²) in [6, 6.07) is 9.68. The van der Waals surface area contributed by atoms with E-state index in [-0.39, 0.29) is 10.8 Å². The molecule has 0 aromatic heterocycles. The van der Waals surface area contributed by atoms with Gasteiger partial charge in [-0.05, 0) is 46.2 Å². The van der Waals surface area contributed by atoms with Crippen molar-refractivity contribution in [2.75, 3.05) is 0 Å². The van der Waals surface area contributed by atoms with Gasteiger partial charge in [-0.25, -0.2) is 0 Å². The fourth-order valence-electron chi connectivity index (χ4n) is 2.70. The number of aromatic hydroxyl groups is 1. The molecule has 2 rings (SSSR count). The number of hydrogen-bond acceptors (Lipinski definition) is 1. The molecule has 134 valence electrons. The van der Waals surface area contributed by atoms with E-state index in [1.165, 1.54) is 0 Å². The van der Waals surface area contributed by atoms with E-state index in [2.05, 4.69) is 53.7 Å². The van der Waals surface area contributed by atoms with Crippen LogP contribution in [0, 0.1) is 0 Å². The molecule has 0 unspecified atom stereocenters. The first-order valence-electron chi connectivity index (χ1n) is 8.40. The molecule has 0 saturated heterocycles. The van der Waals surface area contributed by atoms with Gasteiger partial charge >= 0.3 is 0 Å². The molecule has 2 aromatic carbocycles. The van der Waals surface area contributed by atoms with Crippen molar-refractivity contribution in [3.63, 3.8) is 0 Å². The molecule has 3 heteroatoms. The van der Waals surface area contributed by atoms with E-state index in [0.29, 0.717) is 15.8 Å². The Bertz CT molecular complexity index is 771. The summed E-state index contributed by atoms with van der Waals surface area (Å²) in [7, 11) is 0. The molecule has 1 N–H and O–H groups in total. The fourth-order valence-corrected chi connectivity index (χ4v) is 3.01. The van der Waals surface area contributed by atoms with E-state index in [9.17, 15) is 5.11 Å². The van der Waals surface area contributed by atoms with Gasteiger partial charge in [-0.15, -0.1) is 0 Å². The minimum atomic E-state index is -0.141. The molecule has 0 heterocycles. The summed E-state index contributed by atoms with van der Waals surface area (Å²) in [5.41, 5.74) is 3.66. The Labute approximate surface area is 161 Å². The highest BCUT2D eigenvalue weighted by molar-refractivity contribution is 6.42. The van der Waals surface area contributed by atoms with Crippen molar-refractivity contribution in [2.45, 2.75) is 52.4 Å². The predicted molar refractivity (Wildman–Crippen MR) is 111 cm³/mol. The third-order valence-corrected chi connectivity index (χ3v) is 4.90. The molecule has 0 aliphatic rings. The number of halogens is 2. The SMILES string of the molecule is CC(C)(C)c1cc(/C=C/c2ccc(Cl)c(Cl)c2)cc(C(C)(C)C)c1O. The Morgan fingerprint density at radius 3 is 1.64 bits per heavy atom. The number of phenolic OH excluding ortho intramolecular Hbond substituents is 1. The van der Waals surface area contributed by atoms with E-state index >= 15 is 0 Å². The summed E-state index contributed by atoms with van der Waals surface area (Å²) in [6.45, 7) is 12.7. The standard InChI is InChI=1S/C22H26Cl2O/c1-21(2,3)16-11-15(12-17(20(16)25)22(4,5)6)8-7-14-9-10-18(23)19(24)13-14/h7-13,25H,1-6H3/b8-7+. The first-order chi connectivity index (χ1) is 11.4. The lowest BCUT2D eigenvalue weighted by Crippen LogP contribution is -2.17. The van der Waals surface area contributed by atoms with Crippen molar-refractivity contribution in [3.05, 3.63) is 62.6 Å². The minimum Gasteiger partial charge on any atom is -0.507 e. The number of hydrogen-bond donors (Lipinski definition) is 1. The first-order valence-corrected chi connectivity index (χ1v) is 9.16. The van der Waals surface area contributed by atoms with E-state index < -0.39 is 0 Å². The minimum absolute atomic E-state index is 0.141. The van der Waals surface area contributed by atoms with Gasteiger partial charge in [0.15, 0.2) is 0 Å². The Morgan fingerprint density at radius 2 is 1.20 bits per heavy atom. The average Bonchev–Trinajstić information content (AvgIpc) is 2.47. The second kappa shape index (κ2) is 7.05. The van der Waals surface area contributed by atoms with E-state index in [1.807, 2.05) is 24.3 Å². The summed E-state index contributed by atoms with van der Waals surface area (Å²) in [6.07, 6.45) is 4.05. The Hall–Kier alpha value is -1.44. The third-order valence-electron chi connectivity index (χ3n) is 4.16. The summed E-state index contributed by atoms with van der Waals surface area (Å²) >= 11 is 12.1. The van der Waals surface area contributed by atoms with Crippen LogP contribution in [0.15, 0.2) is 30.3 Å². The van der Waals surface area contributed by atoms with Gasteiger partial charge in [-0.2, -0.15) is 0 Å². The lowest BCUT2D eigenvalue weighted by atomic mass is 9.78. The fraction of sp³-hybridized carbons (Fsp3) is 0.364. The van der Waals surface area contributed by atoms with Crippen molar-refractivity contribution in [1.29, 1.82) is 0 Å². The Kier molecular flexibility index (Phi) is 5.61. The molecular weight excluding hydrogens is 351 g/mol. The van der Waals surface area contributed by atoms with Gasteiger partial charge in [-0.1, -0.05) is 83.0 Å². The maximum atomic E-state index is 10.8. The van der Waals surface area contributed by atoms with Crippen molar-refractivity contribution < 1.29 is 5.11 Å². The molecule has 2 aromatic rings. The second-order valence-electron chi connectivity index (χ2n) is 8.47. The van der Waals surface area contributed by atoms with Crippen LogP contribution in [0.2, 0.25) is 10.0 Å². The number of benzene rings is 2. The number of phenols is 1. The van der Waals surface area contributed by atoms with Crippen molar-refractivity contribution in [2.24, 2.45) is 0 Å². The molecular formula is C22H26Cl2O. The molecule has 0 spiro atoms.